The Labute approximate surface area is 372 Å². The van der Waals surface area contributed by atoms with Gasteiger partial charge in [-0.05, 0) is 38.5 Å². The van der Waals surface area contributed by atoms with Crippen molar-refractivity contribution in [1.82, 2.24) is 0 Å². The van der Waals surface area contributed by atoms with Gasteiger partial charge in [-0.2, -0.15) is 8.42 Å². The van der Waals surface area contributed by atoms with Crippen LogP contribution in [0.1, 0.15) is 226 Å². The van der Waals surface area contributed by atoms with Gasteiger partial charge in [-0.1, -0.05) is 193 Å². The average molecular weight is 893 g/mol. The summed E-state index contributed by atoms with van der Waals surface area (Å²) < 4.78 is 59.1. The molecule has 12 nitrogen and oxygen atoms in total. The lowest BCUT2D eigenvalue weighted by Crippen LogP contribution is -2.60. The number of rotatable bonds is 44. The third kappa shape index (κ3) is 33.9. The van der Waals surface area contributed by atoms with E-state index in [-0.39, 0.29) is 19.6 Å². The summed E-state index contributed by atoms with van der Waals surface area (Å²) in [5.74, 6) is -0.404. The zero-order valence-corrected chi connectivity index (χ0v) is 39.6. The first kappa shape index (κ1) is 57.9. The summed E-state index contributed by atoms with van der Waals surface area (Å²) in [7, 11) is -5.06. The molecule has 1 aliphatic heterocycles. The first-order valence-corrected chi connectivity index (χ1v) is 26.3. The first-order chi connectivity index (χ1) is 29.6. The molecule has 13 heteroatoms. The zero-order chi connectivity index (χ0) is 44.7. The highest BCUT2D eigenvalue weighted by Crippen LogP contribution is 2.26. The Kier molecular flexibility index (Phi) is 38.3. The lowest BCUT2D eigenvalue weighted by Gasteiger charge is -2.41. The molecule has 0 aromatic carbocycles. The number of carbonyl (C=O) groups excluding carboxylic acids is 1. The van der Waals surface area contributed by atoms with Crippen LogP contribution in [0, 0.1) is 0 Å². The molecule has 6 atom stereocenters. The topological polar surface area (TPSA) is 178 Å². The van der Waals surface area contributed by atoms with E-state index in [1.807, 2.05) is 0 Å². The molecule has 0 bridgehead atoms. The number of esters is 1. The first-order valence-electron chi connectivity index (χ1n) is 24.9. The van der Waals surface area contributed by atoms with E-state index in [2.05, 4.69) is 30.2 Å². The summed E-state index contributed by atoms with van der Waals surface area (Å²) >= 11 is 0. The van der Waals surface area contributed by atoms with Crippen LogP contribution in [-0.2, 0) is 38.3 Å². The maximum atomic E-state index is 12.8. The lowest BCUT2D eigenvalue weighted by molar-refractivity contribution is -0.301. The second kappa shape index (κ2) is 40.4. The number of hydrogen-bond acceptors (Lipinski definition) is 11. The van der Waals surface area contributed by atoms with Gasteiger partial charge in [0.1, 0.15) is 30.5 Å². The summed E-state index contributed by atoms with van der Waals surface area (Å²) in [4.78, 5) is 12.8. The quantitative estimate of drug-likeness (QED) is 0.0197. The Hall–Kier alpha value is -1.16. The van der Waals surface area contributed by atoms with Gasteiger partial charge in [-0.15, -0.1) is 0 Å². The van der Waals surface area contributed by atoms with Crippen LogP contribution >= 0.6 is 0 Å². The van der Waals surface area contributed by atoms with Gasteiger partial charge in [-0.25, -0.2) is 4.18 Å². The number of aliphatic hydroxyl groups excluding tert-OH is 3. The van der Waals surface area contributed by atoms with Crippen molar-refractivity contribution in [3.8, 4) is 0 Å². The Balaban J connectivity index is 2.34. The molecular weight excluding hydrogens is 801 g/mol. The van der Waals surface area contributed by atoms with Crippen molar-refractivity contribution in [2.75, 3.05) is 26.4 Å². The average Bonchev–Trinajstić information content (AvgIpc) is 3.23. The fraction of sp³-hybridized carbons (Fsp3) is 0.938. The number of hydrogen-bond donors (Lipinski definition) is 4. The Morgan fingerprint density at radius 2 is 1.03 bits per heavy atom. The molecular formula is C48H92O12S. The van der Waals surface area contributed by atoms with Gasteiger partial charge in [0.2, 0.25) is 0 Å². The van der Waals surface area contributed by atoms with Crippen molar-refractivity contribution in [1.29, 1.82) is 0 Å². The molecule has 1 rings (SSSR count). The van der Waals surface area contributed by atoms with Crippen molar-refractivity contribution in [3.05, 3.63) is 12.2 Å². The van der Waals surface area contributed by atoms with E-state index >= 15 is 0 Å². The summed E-state index contributed by atoms with van der Waals surface area (Å²) in [5, 5.41) is 30.7. The predicted molar refractivity (Wildman–Crippen MR) is 244 cm³/mol. The number of unbranched alkanes of at least 4 members (excludes halogenated alkanes) is 29. The summed E-state index contributed by atoms with van der Waals surface area (Å²) in [6.45, 7) is 4.00. The normalized spacial score (nSPS) is 20.1. The largest absolute Gasteiger partial charge is 0.457 e. The summed E-state index contributed by atoms with van der Waals surface area (Å²) in [6.07, 6.45) is 35.4. The van der Waals surface area contributed by atoms with Crippen molar-refractivity contribution >= 4 is 16.4 Å². The minimum Gasteiger partial charge on any atom is -0.457 e. The number of allylic oxidation sites excluding steroid dienone is 2. The maximum Gasteiger partial charge on any atom is 0.397 e. The van der Waals surface area contributed by atoms with Gasteiger partial charge >= 0.3 is 16.4 Å². The van der Waals surface area contributed by atoms with E-state index in [4.69, 9.17) is 18.9 Å². The molecule has 6 unspecified atom stereocenters. The van der Waals surface area contributed by atoms with Crippen LogP contribution in [-0.4, -0.2) is 97.5 Å². The highest BCUT2D eigenvalue weighted by molar-refractivity contribution is 7.80. The minimum atomic E-state index is -5.06. The molecule has 1 heterocycles. The van der Waals surface area contributed by atoms with Crippen molar-refractivity contribution in [2.24, 2.45) is 0 Å². The van der Waals surface area contributed by atoms with E-state index in [1.165, 1.54) is 141 Å². The van der Waals surface area contributed by atoms with Gasteiger partial charge in [-0.3, -0.25) is 9.35 Å². The van der Waals surface area contributed by atoms with Crippen LogP contribution in [0.25, 0.3) is 0 Å². The second-order valence-corrected chi connectivity index (χ2v) is 18.5. The molecule has 0 spiro atoms. The number of ether oxygens (including phenoxy) is 4. The third-order valence-electron chi connectivity index (χ3n) is 11.6. The van der Waals surface area contributed by atoms with E-state index < -0.39 is 59.8 Å². The minimum absolute atomic E-state index is 0.0386. The molecule has 61 heavy (non-hydrogen) atoms. The van der Waals surface area contributed by atoms with Gasteiger partial charge in [0.15, 0.2) is 6.29 Å². The van der Waals surface area contributed by atoms with Crippen LogP contribution in [0.3, 0.4) is 0 Å². The Bertz CT molecular complexity index is 1120. The maximum absolute atomic E-state index is 12.8. The zero-order valence-electron chi connectivity index (χ0n) is 38.7. The van der Waals surface area contributed by atoms with Crippen molar-refractivity contribution in [2.45, 2.75) is 263 Å². The van der Waals surface area contributed by atoms with E-state index in [0.717, 1.165) is 57.8 Å². The fourth-order valence-electron chi connectivity index (χ4n) is 7.85. The van der Waals surface area contributed by atoms with Crippen LogP contribution < -0.4 is 0 Å². The van der Waals surface area contributed by atoms with Crippen molar-refractivity contribution < 1.29 is 56.2 Å². The molecule has 0 aliphatic carbocycles. The highest BCUT2D eigenvalue weighted by Gasteiger charge is 2.48. The summed E-state index contributed by atoms with van der Waals surface area (Å²) in [6, 6.07) is 0. The number of carbonyl (C=O) groups is 1. The fourth-order valence-corrected chi connectivity index (χ4v) is 8.35. The molecule has 4 N–H and O–H groups in total. The van der Waals surface area contributed by atoms with E-state index in [9.17, 15) is 33.1 Å². The van der Waals surface area contributed by atoms with Crippen LogP contribution in [0.15, 0.2) is 12.2 Å². The van der Waals surface area contributed by atoms with Gasteiger partial charge < -0.3 is 34.3 Å². The third-order valence-corrected chi connectivity index (χ3v) is 12.1. The van der Waals surface area contributed by atoms with Gasteiger partial charge in [0.05, 0.1) is 19.8 Å². The van der Waals surface area contributed by atoms with E-state index in [1.54, 1.807) is 0 Å². The number of aliphatic hydroxyl groups is 3. The van der Waals surface area contributed by atoms with Crippen LogP contribution in [0.4, 0.5) is 0 Å². The monoisotopic (exact) mass is 893 g/mol. The molecule has 0 radical (unpaired) electrons. The Morgan fingerprint density at radius 1 is 0.607 bits per heavy atom. The molecule has 1 fully saturated rings. The SMILES string of the molecule is CCCCCC/C=C\CCCCCCCC(=O)OC(COCCCCCCCCCCCCCCCCCCCCCCC)COC1OC(CO)C(O)C(OS(=O)(=O)O)C1O. The van der Waals surface area contributed by atoms with Crippen molar-refractivity contribution in [3.63, 3.8) is 0 Å². The van der Waals surface area contributed by atoms with Crippen LogP contribution in [0.2, 0.25) is 0 Å². The smallest absolute Gasteiger partial charge is 0.397 e. The highest BCUT2D eigenvalue weighted by atomic mass is 32.3. The molecule has 0 aromatic rings. The lowest BCUT2D eigenvalue weighted by atomic mass is 9.99. The molecule has 0 amide bonds. The van der Waals surface area contributed by atoms with Gasteiger partial charge in [0, 0.05) is 13.0 Å². The molecule has 1 aliphatic rings. The molecule has 362 valence electrons. The summed E-state index contributed by atoms with van der Waals surface area (Å²) in [5.41, 5.74) is 0. The molecule has 0 saturated carbocycles. The second-order valence-electron chi connectivity index (χ2n) is 17.4. The predicted octanol–water partition coefficient (Wildman–Crippen LogP) is 11.0. The Morgan fingerprint density at radius 3 is 1.49 bits per heavy atom. The standard InChI is InChI=1S/C48H92O12S/c1-3-5-7-9-11-13-15-17-18-19-20-21-22-23-24-26-28-30-32-34-36-38-56-40-42(41-57-48-46(52)47(60-61(53,54)55)45(51)43(39-49)59-48)58-44(50)37-35-33-31-29-27-25-16-14-12-10-8-6-4-2/h14,16,42-43,45-49,51-52H,3-13,15,17-41H2,1-2H3,(H,53,54,55)/b16-14-. The van der Waals surface area contributed by atoms with Gasteiger partial charge in [0.25, 0.3) is 0 Å². The molecule has 0 aromatic heterocycles. The van der Waals surface area contributed by atoms with Crippen LogP contribution in [0.5, 0.6) is 0 Å². The van der Waals surface area contributed by atoms with E-state index in [0.29, 0.717) is 13.0 Å². The molecule has 1 saturated heterocycles.